The predicted octanol–water partition coefficient (Wildman–Crippen LogP) is 1.87. The van der Waals surface area contributed by atoms with Crippen LogP contribution >= 0.6 is 15.9 Å². The van der Waals surface area contributed by atoms with Crippen LogP contribution < -0.4 is 10.1 Å². The highest BCUT2D eigenvalue weighted by Gasteiger charge is 2.10. The fourth-order valence-corrected chi connectivity index (χ4v) is 1.59. The average Bonchev–Trinajstić information content (AvgIpc) is 2.27. The van der Waals surface area contributed by atoms with E-state index in [1.165, 1.54) is 18.2 Å². The number of carbonyl (C=O) groups excluding carboxylic acids is 1. The number of benzene rings is 1. The molecule has 6 nitrogen and oxygen atoms in total. The molecule has 0 bridgehead atoms. The first-order valence-electron chi connectivity index (χ1n) is 4.88. The molecule has 1 aromatic rings. The van der Waals surface area contributed by atoms with Gasteiger partial charge in [-0.15, -0.1) is 0 Å². The van der Waals surface area contributed by atoms with Crippen molar-refractivity contribution in [2.45, 2.75) is 6.92 Å². The minimum Gasteiger partial charge on any atom is -0.483 e. The molecule has 92 valence electrons. The minimum atomic E-state index is -0.502. The second-order valence-corrected chi connectivity index (χ2v) is 3.97. The second kappa shape index (κ2) is 6.19. The summed E-state index contributed by atoms with van der Waals surface area (Å²) >= 11 is 3.14. The van der Waals surface area contributed by atoms with Gasteiger partial charge in [0.25, 0.3) is 11.6 Å². The fourth-order valence-electron chi connectivity index (χ4n) is 1.11. The summed E-state index contributed by atoms with van der Waals surface area (Å²) < 4.78 is 5.65. The van der Waals surface area contributed by atoms with Crippen molar-refractivity contribution in [1.29, 1.82) is 0 Å². The van der Waals surface area contributed by atoms with Gasteiger partial charge in [0, 0.05) is 18.7 Å². The number of ether oxygens (including phenoxy) is 1. The summed E-state index contributed by atoms with van der Waals surface area (Å²) in [4.78, 5) is 21.1. The van der Waals surface area contributed by atoms with Crippen molar-refractivity contribution >= 4 is 27.5 Å². The number of hydrogen-bond donors (Lipinski definition) is 1. The Morgan fingerprint density at radius 1 is 1.59 bits per heavy atom. The first-order chi connectivity index (χ1) is 8.04. The van der Waals surface area contributed by atoms with Crippen LogP contribution in [0.3, 0.4) is 0 Å². The topological polar surface area (TPSA) is 81.5 Å². The molecule has 0 aromatic heterocycles. The monoisotopic (exact) mass is 302 g/mol. The Kier molecular flexibility index (Phi) is 4.89. The first kappa shape index (κ1) is 13.4. The van der Waals surface area contributed by atoms with Gasteiger partial charge in [0.05, 0.1) is 9.40 Å². The van der Waals surface area contributed by atoms with Gasteiger partial charge in [-0.1, -0.05) is 0 Å². The lowest BCUT2D eigenvalue weighted by molar-refractivity contribution is -0.384. The van der Waals surface area contributed by atoms with Gasteiger partial charge in [0.2, 0.25) is 0 Å². The van der Waals surface area contributed by atoms with Crippen molar-refractivity contribution < 1.29 is 14.5 Å². The molecule has 0 fully saturated rings. The standard InChI is InChI=1S/C10H11BrN2O4/c1-2-12-10(14)6-17-9-4-3-7(13(15)16)5-8(9)11/h3-5H,2,6H2,1H3,(H,12,14). The van der Waals surface area contributed by atoms with Crippen LogP contribution in [-0.2, 0) is 4.79 Å². The molecule has 0 unspecified atom stereocenters. The zero-order valence-electron chi connectivity index (χ0n) is 9.10. The third-order valence-electron chi connectivity index (χ3n) is 1.86. The fraction of sp³-hybridized carbons (Fsp3) is 0.300. The van der Waals surface area contributed by atoms with E-state index in [0.717, 1.165) is 0 Å². The number of rotatable bonds is 5. The van der Waals surface area contributed by atoms with Crippen molar-refractivity contribution in [1.82, 2.24) is 5.32 Å². The van der Waals surface area contributed by atoms with Crippen LogP contribution in [0.2, 0.25) is 0 Å². The van der Waals surface area contributed by atoms with Crippen molar-refractivity contribution in [3.63, 3.8) is 0 Å². The zero-order chi connectivity index (χ0) is 12.8. The molecule has 0 spiro atoms. The molecule has 0 heterocycles. The number of amides is 1. The Balaban J connectivity index is 2.66. The normalized spacial score (nSPS) is 9.76. The summed E-state index contributed by atoms with van der Waals surface area (Å²) in [6, 6.07) is 4.09. The Morgan fingerprint density at radius 2 is 2.29 bits per heavy atom. The molecule has 1 amide bonds. The molecular formula is C10H11BrN2O4. The molecule has 1 aromatic carbocycles. The molecule has 1 rings (SSSR count). The first-order valence-corrected chi connectivity index (χ1v) is 5.67. The molecule has 0 saturated carbocycles. The molecule has 0 aliphatic rings. The summed E-state index contributed by atoms with van der Waals surface area (Å²) in [5.74, 6) is 0.152. The highest BCUT2D eigenvalue weighted by Crippen LogP contribution is 2.28. The molecule has 0 radical (unpaired) electrons. The number of nitro groups is 1. The van der Waals surface area contributed by atoms with Crippen LogP contribution in [0.15, 0.2) is 22.7 Å². The van der Waals surface area contributed by atoms with Gasteiger partial charge in [-0.05, 0) is 28.9 Å². The van der Waals surface area contributed by atoms with Crippen LogP contribution in [0.4, 0.5) is 5.69 Å². The molecule has 0 aliphatic heterocycles. The van der Waals surface area contributed by atoms with E-state index in [-0.39, 0.29) is 18.2 Å². The molecule has 7 heteroatoms. The Labute approximate surface area is 106 Å². The van der Waals surface area contributed by atoms with Crippen molar-refractivity contribution in [3.8, 4) is 5.75 Å². The average molecular weight is 303 g/mol. The summed E-state index contributed by atoms with van der Waals surface area (Å²) in [6.07, 6.45) is 0. The molecular weight excluding hydrogens is 292 g/mol. The van der Waals surface area contributed by atoms with E-state index in [4.69, 9.17) is 4.74 Å². The van der Waals surface area contributed by atoms with Crippen LogP contribution in [0.5, 0.6) is 5.75 Å². The van der Waals surface area contributed by atoms with E-state index in [9.17, 15) is 14.9 Å². The van der Waals surface area contributed by atoms with Crippen molar-refractivity contribution in [2.24, 2.45) is 0 Å². The summed E-state index contributed by atoms with van der Waals surface area (Å²) in [5, 5.41) is 13.1. The lowest BCUT2D eigenvalue weighted by Crippen LogP contribution is -2.28. The molecule has 17 heavy (non-hydrogen) atoms. The number of nitrogens with one attached hydrogen (secondary N) is 1. The van der Waals surface area contributed by atoms with E-state index in [1.807, 2.05) is 0 Å². The Hall–Kier alpha value is -1.63. The Bertz CT molecular complexity index is 436. The van der Waals surface area contributed by atoms with Crippen molar-refractivity contribution in [2.75, 3.05) is 13.2 Å². The lowest BCUT2D eigenvalue weighted by atomic mass is 10.3. The van der Waals surface area contributed by atoms with Gasteiger partial charge in [0.1, 0.15) is 5.75 Å². The number of likely N-dealkylation sites (N-methyl/N-ethyl adjacent to an activating group) is 1. The lowest BCUT2D eigenvalue weighted by Gasteiger charge is -2.07. The van der Waals surface area contributed by atoms with Crippen LogP contribution in [0.1, 0.15) is 6.92 Å². The Morgan fingerprint density at radius 3 is 2.82 bits per heavy atom. The van der Waals surface area contributed by atoms with Gasteiger partial charge < -0.3 is 10.1 Å². The number of nitrogens with zero attached hydrogens (tertiary/aromatic N) is 1. The third-order valence-corrected chi connectivity index (χ3v) is 2.48. The maximum absolute atomic E-state index is 11.1. The van der Waals surface area contributed by atoms with Gasteiger partial charge in [-0.3, -0.25) is 14.9 Å². The number of carbonyl (C=O) groups is 1. The SMILES string of the molecule is CCNC(=O)COc1ccc([N+](=O)[O-])cc1Br. The third kappa shape index (κ3) is 4.03. The van der Waals surface area contributed by atoms with Crippen LogP contribution in [0, 0.1) is 10.1 Å². The van der Waals surface area contributed by atoms with Crippen molar-refractivity contribution in [3.05, 3.63) is 32.8 Å². The van der Waals surface area contributed by atoms with E-state index in [1.54, 1.807) is 6.92 Å². The van der Waals surface area contributed by atoms with E-state index < -0.39 is 4.92 Å². The quantitative estimate of drug-likeness (QED) is 0.665. The zero-order valence-corrected chi connectivity index (χ0v) is 10.7. The molecule has 0 atom stereocenters. The maximum Gasteiger partial charge on any atom is 0.270 e. The van der Waals surface area contributed by atoms with E-state index >= 15 is 0 Å². The summed E-state index contributed by atoms with van der Waals surface area (Å²) in [7, 11) is 0. The number of halogens is 1. The molecule has 0 aliphatic carbocycles. The number of non-ortho nitro benzene ring substituents is 1. The highest BCUT2D eigenvalue weighted by molar-refractivity contribution is 9.10. The molecule has 1 N–H and O–H groups in total. The van der Waals surface area contributed by atoms with Gasteiger partial charge in [-0.25, -0.2) is 0 Å². The number of nitro benzene ring substituents is 1. The van der Waals surface area contributed by atoms with Crippen LogP contribution in [-0.4, -0.2) is 24.0 Å². The number of hydrogen-bond acceptors (Lipinski definition) is 4. The summed E-state index contributed by atoms with van der Waals surface area (Å²) in [5.41, 5.74) is -0.0396. The van der Waals surface area contributed by atoms with Crippen LogP contribution in [0.25, 0.3) is 0 Å². The highest BCUT2D eigenvalue weighted by atomic mass is 79.9. The maximum atomic E-state index is 11.1. The van der Waals surface area contributed by atoms with E-state index in [0.29, 0.717) is 16.8 Å². The summed E-state index contributed by atoms with van der Waals surface area (Å²) in [6.45, 7) is 2.22. The minimum absolute atomic E-state index is 0.0396. The largest absolute Gasteiger partial charge is 0.483 e. The van der Waals surface area contributed by atoms with Gasteiger partial charge >= 0.3 is 0 Å². The second-order valence-electron chi connectivity index (χ2n) is 3.11. The van der Waals surface area contributed by atoms with Gasteiger partial charge in [-0.2, -0.15) is 0 Å². The smallest absolute Gasteiger partial charge is 0.270 e. The van der Waals surface area contributed by atoms with Gasteiger partial charge in [0.15, 0.2) is 6.61 Å². The predicted molar refractivity (Wildman–Crippen MR) is 65.0 cm³/mol. The van der Waals surface area contributed by atoms with E-state index in [2.05, 4.69) is 21.2 Å². The molecule has 0 saturated heterocycles.